The summed E-state index contributed by atoms with van der Waals surface area (Å²) in [5.41, 5.74) is -0.173. The maximum Gasteiger partial charge on any atom is 0.222 e. The fourth-order valence-electron chi connectivity index (χ4n) is 2.89. The molecule has 2 rings (SSSR count). The zero-order valence-corrected chi connectivity index (χ0v) is 12.4. The lowest BCUT2D eigenvalue weighted by Gasteiger charge is -2.28. The summed E-state index contributed by atoms with van der Waals surface area (Å²) in [4.78, 5) is 14.4. The number of benzene rings is 1. The van der Waals surface area contributed by atoms with Gasteiger partial charge in [-0.25, -0.2) is 4.39 Å². The molecule has 1 aliphatic rings. The van der Waals surface area contributed by atoms with Gasteiger partial charge in [0.2, 0.25) is 5.91 Å². The molecule has 20 heavy (non-hydrogen) atoms. The molecule has 0 aromatic heterocycles. The number of carbonyl (C=O) groups is 1. The third-order valence-corrected chi connectivity index (χ3v) is 4.09. The van der Waals surface area contributed by atoms with Crippen LogP contribution < -0.4 is 5.32 Å². The molecule has 0 bridgehead atoms. The number of nitrogens with zero attached hydrogens (tertiary/aromatic N) is 1. The van der Waals surface area contributed by atoms with E-state index in [0.717, 1.165) is 19.4 Å². The Kier molecular flexibility index (Phi) is 4.43. The van der Waals surface area contributed by atoms with Crippen molar-refractivity contribution < 1.29 is 9.18 Å². The van der Waals surface area contributed by atoms with E-state index in [1.165, 1.54) is 6.07 Å². The Bertz CT molecular complexity index is 487. The van der Waals surface area contributed by atoms with Crippen molar-refractivity contribution in [1.29, 1.82) is 0 Å². The zero-order chi connectivity index (χ0) is 14.8. The molecule has 1 fully saturated rings. The smallest absolute Gasteiger partial charge is 0.222 e. The third-order valence-electron chi connectivity index (χ3n) is 4.09. The molecule has 1 aliphatic heterocycles. The van der Waals surface area contributed by atoms with Crippen molar-refractivity contribution in [2.24, 2.45) is 0 Å². The molecule has 1 aromatic rings. The number of halogens is 1. The van der Waals surface area contributed by atoms with Crippen LogP contribution in [0.15, 0.2) is 24.3 Å². The Morgan fingerprint density at radius 1 is 1.45 bits per heavy atom. The minimum Gasteiger partial charge on any atom is -0.347 e. The fraction of sp³-hybridized carbons (Fsp3) is 0.562. The van der Waals surface area contributed by atoms with Gasteiger partial charge in [0.15, 0.2) is 0 Å². The molecule has 1 saturated heterocycles. The minimum atomic E-state index is -0.695. The number of rotatable bonds is 4. The van der Waals surface area contributed by atoms with Crippen molar-refractivity contribution in [3.8, 4) is 0 Å². The van der Waals surface area contributed by atoms with Gasteiger partial charge >= 0.3 is 0 Å². The number of hydrogen-bond donors (Lipinski definition) is 1. The van der Waals surface area contributed by atoms with E-state index in [4.69, 9.17) is 0 Å². The van der Waals surface area contributed by atoms with Crippen molar-refractivity contribution in [1.82, 2.24) is 10.2 Å². The molecule has 0 saturated carbocycles. The summed E-state index contributed by atoms with van der Waals surface area (Å²) < 4.78 is 13.8. The van der Waals surface area contributed by atoms with E-state index in [-0.39, 0.29) is 11.7 Å². The first-order valence-electron chi connectivity index (χ1n) is 7.16. The van der Waals surface area contributed by atoms with E-state index in [2.05, 4.69) is 10.2 Å². The largest absolute Gasteiger partial charge is 0.347 e. The standard InChI is InChI=1S/C16H23FN2O/c1-16(2,13-8-4-5-9-14(13)17)18-15(20)11-12-7-6-10-19(12)3/h4-5,8-9,12H,6-7,10-11H2,1-3H3,(H,18,20). The highest BCUT2D eigenvalue weighted by Crippen LogP contribution is 2.24. The SMILES string of the molecule is CN1CCCC1CC(=O)NC(C)(C)c1ccccc1F. The zero-order valence-electron chi connectivity index (χ0n) is 12.4. The summed E-state index contributed by atoms with van der Waals surface area (Å²) >= 11 is 0. The number of amides is 1. The van der Waals surface area contributed by atoms with Crippen LogP contribution in [0.4, 0.5) is 4.39 Å². The van der Waals surface area contributed by atoms with Crippen LogP contribution in [-0.4, -0.2) is 30.4 Å². The van der Waals surface area contributed by atoms with Gasteiger partial charge in [-0.2, -0.15) is 0 Å². The number of carbonyl (C=O) groups excluding carboxylic acids is 1. The summed E-state index contributed by atoms with van der Waals surface area (Å²) in [6.45, 7) is 4.72. The van der Waals surface area contributed by atoms with Crippen molar-refractivity contribution in [2.75, 3.05) is 13.6 Å². The molecule has 1 aromatic carbocycles. The number of nitrogens with one attached hydrogen (secondary N) is 1. The Labute approximate surface area is 120 Å². The molecule has 1 N–H and O–H groups in total. The van der Waals surface area contributed by atoms with Crippen LogP contribution in [-0.2, 0) is 10.3 Å². The third kappa shape index (κ3) is 3.37. The lowest BCUT2D eigenvalue weighted by molar-refractivity contribution is -0.123. The Balaban J connectivity index is 2.01. The summed E-state index contributed by atoms with van der Waals surface area (Å²) in [7, 11) is 2.05. The van der Waals surface area contributed by atoms with E-state index >= 15 is 0 Å². The molecule has 1 heterocycles. The van der Waals surface area contributed by atoms with Crippen LogP contribution in [0.1, 0.15) is 38.7 Å². The van der Waals surface area contributed by atoms with E-state index in [1.54, 1.807) is 18.2 Å². The quantitative estimate of drug-likeness (QED) is 0.918. The van der Waals surface area contributed by atoms with Crippen molar-refractivity contribution in [3.63, 3.8) is 0 Å². The Morgan fingerprint density at radius 2 is 2.15 bits per heavy atom. The highest BCUT2D eigenvalue weighted by atomic mass is 19.1. The second-order valence-electron chi connectivity index (χ2n) is 6.13. The molecular weight excluding hydrogens is 255 g/mol. The maximum absolute atomic E-state index is 13.8. The lowest BCUT2D eigenvalue weighted by atomic mass is 9.93. The second kappa shape index (κ2) is 5.92. The maximum atomic E-state index is 13.8. The first-order valence-corrected chi connectivity index (χ1v) is 7.16. The van der Waals surface area contributed by atoms with Gasteiger partial charge in [0, 0.05) is 18.0 Å². The average molecular weight is 278 g/mol. The average Bonchev–Trinajstić information content (AvgIpc) is 2.74. The predicted molar refractivity (Wildman–Crippen MR) is 77.8 cm³/mol. The molecule has 0 spiro atoms. The summed E-state index contributed by atoms with van der Waals surface area (Å²) in [5, 5.41) is 2.96. The highest BCUT2D eigenvalue weighted by molar-refractivity contribution is 5.77. The van der Waals surface area contributed by atoms with E-state index in [1.807, 2.05) is 20.9 Å². The molecule has 1 amide bonds. The van der Waals surface area contributed by atoms with E-state index < -0.39 is 5.54 Å². The Hall–Kier alpha value is -1.42. The van der Waals surface area contributed by atoms with Crippen molar-refractivity contribution >= 4 is 5.91 Å². The van der Waals surface area contributed by atoms with Gasteiger partial charge in [0.05, 0.1) is 5.54 Å². The number of likely N-dealkylation sites (tertiary alicyclic amines) is 1. The molecule has 110 valence electrons. The first-order chi connectivity index (χ1) is 9.40. The molecule has 4 heteroatoms. The van der Waals surface area contributed by atoms with Gasteiger partial charge in [0.25, 0.3) is 0 Å². The summed E-state index contributed by atoms with van der Waals surface area (Å²) in [5.74, 6) is -0.298. The van der Waals surface area contributed by atoms with Gasteiger partial charge in [-0.05, 0) is 46.3 Å². The minimum absolute atomic E-state index is 0.0167. The van der Waals surface area contributed by atoms with Crippen LogP contribution in [0.25, 0.3) is 0 Å². The van der Waals surface area contributed by atoms with Crippen LogP contribution in [0.3, 0.4) is 0 Å². The van der Waals surface area contributed by atoms with Crippen molar-refractivity contribution in [3.05, 3.63) is 35.6 Å². The van der Waals surface area contributed by atoms with E-state index in [9.17, 15) is 9.18 Å². The van der Waals surface area contributed by atoms with Gasteiger partial charge < -0.3 is 10.2 Å². The topological polar surface area (TPSA) is 32.3 Å². The monoisotopic (exact) mass is 278 g/mol. The molecule has 3 nitrogen and oxygen atoms in total. The molecular formula is C16H23FN2O. The van der Waals surface area contributed by atoms with Crippen LogP contribution in [0.2, 0.25) is 0 Å². The summed E-state index contributed by atoms with van der Waals surface area (Å²) in [6.07, 6.45) is 2.68. The lowest BCUT2D eigenvalue weighted by Crippen LogP contribution is -2.43. The van der Waals surface area contributed by atoms with Crippen LogP contribution in [0, 0.1) is 5.82 Å². The van der Waals surface area contributed by atoms with Crippen LogP contribution >= 0.6 is 0 Å². The highest BCUT2D eigenvalue weighted by Gasteiger charge is 2.29. The Morgan fingerprint density at radius 3 is 2.75 bits per heavy atom. The second-order valence-corrected chi connectivity index (χ2v) is 6.13. The first kappa shape index (κ1) is 15.0. The van der Waals surface area contributed by atoms with Crippen LogP contribution in [0.5, 0.6) is 0 Å². The van der Waals surface area contributed by atoms with Gasteiger partial charge in [-0.1, -0.05) is 18.2 Å². The van der Waals surface area contributed by atoms with E-state index in [0.29, 0.717) is 18.0 Å². The number of hydrogen-bond acceptors (Lipinski definition) is 2. The normalized spacial score (nSPS) is 20.1. The molecule has 0 aliphatic carbocycles. The van der Waals surface area contributed by atoms with Gasteiger partial charge in [-0.3, -0.25) is 4.79 Å². The van der Waals surface area contributed by atoms with Gasteiger partial charge in [-0.15, -0.1) is 0 Å². The fourth-order valence-corrected chi connectivity index (χ4v) is 2.89. The molecule has 1 atom stereocenters. The molecule has 0 radical (unpaired) electrons. The van der Waals surface area contributed by atoms with Gasteiger partial charge in [0.1, 0.15) is 5.82 Å². The van der Waals surface area contributed by atoms with Crippen molar-refractivity contribution in [2.45, 2.75) is 44.7 Å². The summed E-state index contributed by atoms with van der Waals surface area (Å²) in [6, 6.07) is 6.90. The molecule has 1 unspecified atom stereocenters. The predicted octanol–water partition coefficient (Wildman–Crippen LogP) is 2.66.